The van der Waals surface area contributed by atoms with Crippen molar-refractivity contribution in [3.8, 4) is 0 Å². The van der Waals surface area contributed by atoms with E-state index in [1.165, 1.54) is 24.6 Å². The van der Waals surface area contributed by atoms with Crippen LogP contribution >= 0.6 is 0 Å². The van der Waals surface area contributed by atoms with Crippen molar-refractivity contribution in [2.45, 2.75) is 26.7 Å². The Morgan fingerprint density at radius 2 is 1.60 bits per heavy atom. The second-order valence-electron chi connectivity index (χ2n) is 5.84. The van der Waals surface area contributed by atoms with E-state index < -0.39 is 0 Å². The predicted molar refractivity (Wildman–Crippen MR) is 97.0 cm³/mol. The monoisotopic (exact) mass is 342 g/mol. The van der Waals surface area contributed by atoms with E-state index in [1.54, 1.807) is 17.0 Å². The molecule has 2 rings (SSSR count). The van der Waals surface area contributed by atoms with E-state index in [4.69, 9.17) is 0 Å². The first-order chi connectivity index (χ1) is 12.0. The number of benzene rings is 2. The molecule has 4 nitrogen and oxygen atoms in total. The lowest BCUT2D eigenvalue weighted by atomic mass is 10.1. The molecule has 0 saturated carbocycles. The van der Waals surface area contributed by atoms with Crippen LogP contribution in [0.1, 0.15) is 25.0 Å². The largest absolute Gasteiger partial charge is 0.354 e. The summed E-state index contributed by atoms with van der Waals surface area (Å²) in [7, 11) is 0. The number of hydrogen-bond donors (Lipinski definition) is 1. The molecule has 0 bridgehead atoms. The van der Waals surface area contributed by atoms with Gasteiger partial charge in [-0.1, -0.05) is 31.2 Å². The van der Waals surface area contributed by atoms with Crippen LogP contribution in [-0.2, 0) is 22.4 Å². The number of rotatable bonds is 7. The highest BCUT2D eigenvalue weighted by Crippen LogP contribution is 2.15. The summed E-state index contributed by atoms with van der Waals surface area (Å²) in [5, 5.41) is 2.80. The van der Waals surface area contributed by atoms with Gasteiger partial charge in [-0.05, 0) is 41.8 Å². The molecular weight excluding hydrogens is 319 g/mol. The van der Waals surface area contributed by atoms with Gasteiger partial charge in [0.25, 0.3) is 0 Å². The lowest BCUT2D eigenvalue weighted by molar-refractivity contribution is -0.121. The van der Waals surface area contributed by atoms with Crippen LogP contribution in [0.2, 0.25) is 0 Å². The molecular formula is C20H23FN2O2. The maximum Gasteiger partial charge on any atom is 0.224 e. The third kappa shape index (κ3) is 5.71. The Labute approximate surface area is 147 Å². The number of hydrogen-bond acceptors (Lipinski definition) is 2. The molecule has 0 aliphatic rings. The molecule has 0 saturated heterocycles. The average molecular weight is 342 g/mol. The maximum atomic E-state index is 12.9. The minimum atomic E-state index is -0.324. The normalized spacial score (nSPS) is 10.4. The van der Waals surface area contributed by atoms with Gasteiger partial charge in [-0.2, -0.15) is 0 Å². The van der Waals surface area contributed by atoms with Gasteiger partial charge in [0.15, 0.2) is 0 Å². The van der Waals surface area contributed by atoms with Crippen molar-refractivity contribution in [1.82, 2.24) is 5.32 Å². The average Bonchev–Trinajstić information content (AvgIpc) is 2.60. The molecule has 0 unspecified atom stereocenters. The van der Waals surface area contributed by atoms with E-state index in [2.05, 4.69) is 12.2 Å². The highest BCUT2D eigenvalue weighted by molar-refractivity contribution is 5.91. The first kappa shape index (κ1) is 18.6. The standard InChI is InChI=1S/C20H23FN2O2/c1-3-16-6-10-19(11-7-16)23(15(2)24)13-12-22-20(25)14-17-4-8-18(21)9-5-17/h4-11H,3,12-14H2,1-2H3,(H,22,25). The first-order valence-corrected chi connectivity index (χ1v) is 8.37. The van der Waals surface area contributed by atoms with E-state index in [1.807, 2.05) is 24.3 Å². The van der Waals surface area contributed by atoms with Crippen molar-refractivity contribution in [3.63, 3.8) is 0 Å². The van der Waals surface area contributed by atoms with Crippen molar-refractivity contribution in [1.29, 1.82) is 0 Å². The zero-order chi connectivity index (χ0) is 18.2. The Balaban J connectivity index is 1.87. The molecule has 5 heteroatoms. The molecule has 0 radical (unpaired) electrons. The Morgan fingerprint density at radius 1 is 1.00 bits per heavy atom. The summed E-state index contributed by atoms with van der Waals surface area (Å²) in [5.74, 6) is -0.552. The Morgan fingerprint density at radius 3 is 2.16 bits per heavy atom. The quantitative estimate of drug-likeness (QED) is 0.840. The topological polar surface area (TPSA) is 49.4 Å². The number of nitrogens with one attached hydrogen (secondary N) is 1. The van der Waals surface area contributed by atoms with Gasteiger partial charge >= 0.3 is 0 Å². The van der Waals surface area contributed by atoms with E-state index in [0.717, 1.165) is 17.7 Å². The van der Waals surface area contributed by atoms with Crippen molar-refractivity contribution in [2.24, 2.45) is 0 Å². The van der Waals surface area contributed by atoms with Crippen LogP contribution in [0.15, 0.2) is 48.5 Å². The van der Waals surface area contributed by atoms with Gasteiger partial charge in [0.2, 0.25) is 11.8 Å². The van der Waals surface area contributed by atoms with E-state index in [-0.39, 0.29) is 24.1 Å². The summed E-state index contributed by atoms with van der Waals surface area (Å²) in [6.45, 7) is 4.34. The van der Waals surface area contributed by atoms with Gasteiger partial charge in [0, 0.05) is 25.7 Å². The lowest BCUT2D eigenvalue weighted by Crippen LogP contribution is -2.38. The van der Waals surface area contributed by atoms with Crippen LogP contribution in [0.5, 0.6) is 0 Å². The summed E-state index contributed by atoms with van der Waals surface area (Å²) >= 11 is 0. The summed E-state index contributed by atoms with van der Waals surface area (Å²) in [4.78, 5) is 25.5. The van der Waals surface area contributed by atoms with Gasteiger partial charge in [0.1, 0.15) is 5.82 Å². The van der Waals surface area contributed by atoms with Crippen LogP contribution in [0.3, 0.4) is 0 Å². The summed E-state index contributed by atoms with van der Waals surface area (Å²) in [6.07, 6.45) is 1.13. The van der Waals surface area contributed by atoms with Gasteiger partial charge in [-0.3, -0.25) is 9.59 Å². The third-order valence-electron chi connectivity index (χ3n) is 3.97. The lowest BCUT2D eigenvalue weighted by Gasteiger charge is -2.21. The molecule has 2 aromatic carbocycles. The highest BCUT2D eigenvalue weighted by Gasteiger charge is 2.12. The van der Waals surface area contributed by atoms with Gasteiger partial charge < -0.3 is 10.2 Å². The van der Waals surface area contributed by atoms with Gasteiger partial charge in [-0.25, -0.2) is 4.39 Å². The molecule has 0 fully saturated rings. The molecule has 0 aromatic heterocycles. The third-order valence-corrected chi connectivity index (χ3v) is 3.97. The highest BCUT2D eigenvalue weighted by atomic mass is 19.1. The zero-order valence-corrected chi connectivity index (χ0v) is 14.6. The van der Waals surface area contributed by atoms with Crippen molar-refractivity contribution < 1.29 is 14.0 Å². The second kappa shape index (κ2) is 8.97. The van der Waals surface area contributed by atoms with Crippen LogP contribution in [-0.4, -0.2) is 24.9 Å². The van der Waals surface area contributed by atoms with Crippen LogP contribution in [0.25, 0.3) is 0 Å². The van der Waals surface area contributed by atoms with Crippen molar-refractivity contribution in [2.75, 3.05) is 18.0 Å². The predicted octanol–water partition coefficient (Wildman–Crippen LogP) is 3.10. The summed E-state index contributed by atoms with van der Waals surface area (Å²) in [6, 6.07) is 13.7. The number of carbonyl (C=O) groups excluding carboxylic acids is 2. The number of aryl methyl sites for hydroxylation is 1. The Bertz CT molecular complexity index is 711. The SMILES string of the molecule is CCc1ccc(N(CCNC(=O)Cc2ccc(F)cc2)C(C)=O)cc1. The molecule has 1 N–H and O–H groups in total. The second-order valence-corrected chi connectivity index (χ2v) is 5.84. The number of anilines is 1. The molecule has 0 atom stereocenters. The fourth-order valence-electron chi connectivity index (χ4n) is 2.54. The molecule has 0 heterocycles. The number of halogens is 1. The minimum absolute atomic E-state index is 0.0722. The van der Waals surface area contributed by atoms with E-state index >= 15 is 0 Å². The molecule has 2 aromatic rings. The van der Waals surface area contributed by atoms with Crippen molar-refractivity contribution in [3.05, 3.63) is 65.5 Å². The van der Waals surface area contributed by atoms with Crippen LogP contribution in [0.4, 0.5) is 10.1 Å². The fourth-order valence-corrected chi connectivity index (χ4v) is 2.54. The van der Waals surface area contributed by atoms with Gasteiger partial charge in [-0.15, -0.1) is 0 Å². The fraction of sp³-hybridized carbons (Fsp3) is 0.300. The van der Waals surface area contributed by atoms with Crippen LogP contribution < -0.4 is 10.2 Å². The van der Waals surface area contributed by atoms with Crippen LogP contribution in [0, 0.1) is 5.82 Å². The summed E-state index contributed by atoms with van der Waals surface area (Å²) < 4.78 is 12.9. The molecule has 2 amide bonds. The molecule has 132 valence electrons. The molecule has 0 aliphatic carbocycles. The van der Waals surface area contributed by atoms with Crippen molar-refractivity contribution >= 4 is 17.5 Å². The van der Waals surface area contributed by atoms with E-state index in [9.17, 15) is 14.0 Å². The smallest absolute Gasteiger partial charge is 0.224 e. The molecule has 0 aliphatic heterocycles. The van der Waals surface area contributed by atoms with Gasteiger partial charge in [0.05, 0.1) is 6.42 Å². The summed E-state index contributed by atoms with van der Waals surface area (Å²) in [5.41, 5.74) is 2.77. The Hall–Kier alpha value is -2.69. The molecule has 0 spiro atoms. The number of nitrogens with zero attached hydrogens (tertiary/aromatic N) is 1. The van der Waals surface area contributed by atoms with E-state index in [0.29, 0.717) is 13.1 Å². The minimum Gasteiger partial charge on any atom is -0.354 e. The number of carbonyl (C=O) groups is 2. The zero-order valence-electron chi connectivity index (χ0n) is 14.6. The maximum absolute atomic E-state index is 12.9. The molecule has 25 heavy (non-hydrogen) atoms. The first-order valence-electron chi connectivity index (χ1n) is 8.37. The number of amides is 2. The Kier molecular flexibility index (Phi) is 6.69.